The van der Waals surface area contributed by atoms with Crippen LogP contribution >= 0.6 is 0 Å². The highest BCUT2D eigenvalue weighted by Crippen LogP contribution is 2.60. The van der Waals surface area contributed by atoms with Crippen LogP contribution in [0.2, 0.25) is 0 Å². The smallest absolute Gasteiger partial charge is 0.328 e. The van der Waals surface area contributed by atoms with Crippen molar-refractivity contribution in [1.29, 1.82) is 0 Å². The summed E-state index contributed by atoms with van der Waals surface area (Å²) in [5.74, 6) is -2.02. The van der Waals surface area contributed by atoms with Crippen molar-refractivity contribution in [2.24, 2.45) is 23.7 Å². The molecule has 1 spiro atoms. The minimum absolute atomic E-state index is 0.0106. The molecule has 6 rings (SSSR count). The second-order valence-electron chi connectivity index (χ2n) is 12.0. The van der Waals surface area contributed by atoms with Gasteiger partial charge in [0.15, 0.2) is 11.9 Å². The number of hydrogen-bond donors (Lipinski definition) is 2. The molecule has 0 aromatic heterocycles. The van der Waals surface area contributed by atoms with E-state index in [0.717, 1.165) is 24.8 Å². The van der Waals surface area contributed by atoms with Crippen LogP contribution in [-0.2, 0) is 49.5 Å². The molecule has 1 amide bonds. The highest BCUT2D eigenvalue weighted by molar-refractivity contribution is 5.86. The predicted molar refractivity (Wildman–Crippen MR) is 143 cm³/mol. The van der Waals surface area contributed by atoms with Crippen LogP contribution in [0, 0.1) is 23.7 Å². The van der Waals surface area contributed by atoms with Crippen LogP contribution in [0.5, 0.6) is 5.75 Å². The molecule has 4 heterocycles. The van der Waals surface area contributed by atoms with E-state index in [1.165, 1.54) is 12.1 Å². The summed E-state index contributed by atoms with van der Waals surface area (Å²) in [6, 6.07) is 5.40. The summed E-state index contributed by atoms with van der Waals surface area (Å²) in [4.78, 5) is 50.0. The summed E-state index contributed by atoms with van der Waals surface area (Å²) in [6.07, 6.45) is 1.72. The number of amides is 1. The highest BCUT2D eigenvalue weighted by atomic mass is 17.3. The summed E-state index contributed by atoms with van der Waals surface area (Å²) in [5, 5.41) is 12.2. The van der Waals surface area contributed by atoms with Gasteiger partial charge in [0.25, 0.3) is 0 Å². The Bertz CT molecular complexity index is 1130. The summed E-state index contributed by atoms with van der Waals surface area (Å²) in [7, 11) is 0. The van der Waals surface area contributed by atoms with E-state index in [1.54, 1.807) is 19.1 Å². The van der Waals surface area contributed by atoms with Crippen LogP contribution in [0.3, 0.4) is 0 Å². The minimum Gasteiger partial charge on any atom is -0.508 e. The average molecular weight is 576 g/mol. The number of aromatic hydroxyl groups is 1. The van der Waals surface area contributed by atoms with Crippen LogP contribution in [0.1, 0.15) is 71.8 Å². The van der Waals surface area contributed by atoms with E-state index >= 15 is 0 Å². The topological polar surface area (TPSA) is 139 Å². The molecule has 0 radical (unpaired) electrons. The number of nitrogens with one attached hydrogen (secondary N) is 1. The van der Waals surface area contributed by atoms with Gasteiger partial charge in [-0.25, -0.2) is 14.6 Å². The maximum atomic E-state index is 12.9. The minimum atomic E-state index is -0.936. The fraction of sp³-hybridized carbons (Fsp3) is 0.700. The molecule has 5 aliphatic rings. The van der Waals surface area contributed by atoms with Crippen LogP contribution in [0.25, 0.3) is 0 Å². The molecule has 41 heavy (non-hydrogen) atoms. The SMILES string of the molecule is CCOC(=O)C(Cc1ccc(O)cc1)NC(=O)CCC(=O)O[C@@H]1O[C@@H]2O[C@]3(C)CC[C@H]4[C@H](C)CC[C@@H]([C@H]1C)C24OO3. The van der Waals surface area contributed by atoms with Gasteiger partial charge in [-0.3, -0.25) is 9.59 Å². The van der Waals surface area contributed by atoms with Gasteiger partial charge in [0, 0.05) is 31.1 Å². The van der Waals surface area contributed by atoms with Gasteiger partial charge in [-0.15, -0.1) is 0 Å². The Kier molecular flexibility index (Phi) is 8.61. The molecule has 2 unspecified atom stereocenters. The Hall–Kier alpha value is -2.73. The van der Waals surface area contributed by atoms with E-state index < -0.39 is 47.9 Å². The number of ether oxygens (including phenoxy) is 4. The van der Waals surface area contributed by atoms with Gasteiger partial charge < -0.3 is 29.4 Å². The monoisotopic (exact) mass is 575 g/mol. The lowest BCUT2D eigenvalue weighted by molar-refractivity contribution is -0.576. The van der Waals surface area contributed by atoms with Gasteiger partial charge in [-0.1, -0.05) is 26.0 Å². The normalized spacial score (nSPS) is 36.4. The van der Waals surface area contributed by atoms with Crippen molar-refractivity contribution in [3.63, 3.8) is 0 Å². The first-order chi connectivity index (χ1) is 19.5. The molecule has 1 aromatic rings. The molecule has 1 aliphatic carbocycles. The zero-order chi connectivity index (χ0) is 29.4. The lowest BCUT2D eigenvalue weighted by atomic mass is 9.58. The second-order valence-corrected chi connectivity index (χ2v) is 12.0. The van der Waals surface area contributed by atoms with Crippen LogP contribution in [-0.4, -0.2) is 59.6 Å². The first kappa shape index (κ1) is 29.8. The van der Waals surface area contributed by atoms with Crippen molar-refractivity contribution in [1.82, 2.24) is 5.32 Å². The fourth-order valence-electron chi connectivity index (χ4n) is 6.98. The Labute approximate surface area is 240 Å². The third-order valence-corrected chi connectivity index (χ3v) is 9.18. The van der Waals surface area contributed by atoms with Gasteiger partial charge in [0.2, 0.25) is 18.0 Å². The number of carbonyl (C=O) groups is 3. The first-order valence-electron chi connectivity index (χ1n) is 14.7. The molecule has 4 saturated heterocycles. The summed E-state index contributed by atoms with van der Waals surface area (Å²) in [6.45, 7) is 7.90. The third kappa shape index (κ3) is 5.95. The van der Waals surface area contributed by atoms with Gasteiger partial charge in [-0.05, 0) is 62.6 Å². The van der Waals surface area contributed by atoms with E-state index in [-0.39, 0.29) is 49.4 Å². The highest BCUT2D eigenvalue weighted by Gasteiger charge is 2.69. The lowest BCUT2D eigenvalue weighted by Gasteiger charge is -2.59. The van der Waals surface area contributed by atoms with E-state index in [2.05, 4.69) is 12.2 Å². The number of esters is 2. The molecular formula is C30H41NO10. The Morgan fingerprint density at radius 2 is 1.83 bits per heavy atom. The number of hydrogen-bond acceptors (Lipinski definition) is 10. The molecule has 226 valence electrons. The number of carbonyl (C=O) groups excluding carboxylic acids is 3. The summed E-state index contributed by atoms with van der Waals surface area (Å²) < 4.78 is 23.5. The number of rotatable bonds is 9. The molecule has 11 nitrogen and oxygen atoms in total. The maximum absolute atomic E-state index is 12.9. The first-order valence-corrected chi connectivity index (χ1v) is 14.7. The molecular weight excluding hydrogens is 534 g/mol. The Morgan fingerprint density at radius 1 is 1.07 bits per heavy atom. The summed E-state index contributed by atoms with van der Waals surface area (Å²) in [5.41, 5.74) is -0.0195. The van der Waals surface area contributed by atoms with Crippen LogP contribution in [0.4, 0.5) is 0 Å². The Morgan fingerprint density at radius 3 is 2.56 bits per heavy atom. The second kappa shape index (κ2) is 11.9. The van der Waals surface area contributed by atoms with Gasteiger partial charge in [-0.2, -0.15) is 0 Å². The van der Waals surface area contributed by atoms with Crippen molar-refractivity contribution in [3.05, 3.63) is 29.8 Å². The third-order valence-electron chi connectivity index (χ3n) is 9.18. The quantitative estimate of drug-likeness (QED) is 0.332. The fourth-order valence-corrected chi connectivity index (χ4v) is 6.98. The molecule has 2 bridgehead atoms. The molecule has 5 fully saturated rings. The van der Waals surface area contributed by atoms with Crippen molar-refractivity contribution >= 4 is 17.8 Å². The standard InChI is InChI=1S/C30H41NO10/c1-5-36-26(35)23(16-19-7-9-20(32)10-8-19)31-24(33)12-13-25(34)37-27-18(3)22-11-6-17(2)21-14-15-29(4)39-28(38-27)30(21,22)41-40-29/h7-10,17-18,21-23,27-28,32H,5-6,11-16H2,1-4H3,(H,31,33)/t17-,18-,21+,22+,23?,27-,28-,29+,30?/m1/s1. The number of fused-ring (bicyclic) bond motifs is 2. The van der Waals surface area contributed by atoms with E-state index in [4.69, 9.17) is 28.7 Å². The van der Waals surface area contributed by atoms with Crippen molar-refractivity contribution in [2.45, 2.75) is 103 Å². The molecule has 1 aromatic carbocycles. The van der Waals surface area contributed by atoms with Crippen molar-refractivity contribution in [3.8, 4) is 5.75 Å². The van der Waals surface area contributed by atoms with Gasteiger partial charge >= 0.3 is 11.9 Å². The summed E-state index contributed by atoms with van der Waals surface area (Å²) >= 11 is 0. The van der Waals surface area contributed by atoms with Crippen LogP contribution in [0.15, 0.2) is 24.3 Å². The molecule has 4 aliphatic heterocycles. The molecule has 2 N–H and O–H groups in total. The maximum Gasteiger partial charge on any atom is 0.328 e. The molecule has 9 atom stereocenters. The average Bonchev–Trinajstić information content (AvgIpc) is 3.17. The van der Waals surface area contributed by atoms with Gasteiger partial charge in [0.05, 0.1) is 13.0 Å². The number of benzene rings is 1. The Balaban J connectivity index is 1.19. The lowest BCUT2D eigenvalue weighted by Crippen LogP contribution is -2.70. The van der Waals surface area contributed by atoms with Gasteiger partial charge in [0.1, 0.15) is 11.8 Å². The molecule has 1 saturated carbocycles. The van der Waals surface area contributed by atoms with E-state index in [1.807, 2.05) is 13.8 Å². The van der Waals surface area contributed by atoms with Crippen molar-refractivity contribution in [2.75, 3.05) is 6.61 Å². The van der Waals surface area contributed by atoms with E-state index in [9.17, 15) is 19.5 Å². The number of phenols is 1. The van der Waals surface area contributed by atoms with Crippen molar-refractivity contribution < 1.29 is 48.2 Å². The molecule has 11 heteroatoms. The van der Waals surface area contributed by atoms with Crippen LogP contribution < -0.4 is 5.32 Å². The zero-order valence-corrected chi connectivity index (χ0v) is 24.1. The van der Waals surface area contributed by atoms with E-state index in [0.29, 0.717) is 12.3 Å². The number of phenolic OH excluding ortho intramolecular Hbond substituents is 1. The predicted octanol–water partition coefficient (Wildman–Crippen LogP) is 3.51. The largest absolute Gasteiger partial charge is 0.508 e. The zero-order valence-electron chi connectivity index (χ0n) is 24.1.